The van der Waals surface area contributed by atoms with Gasteiger partial charge in [-0.2, -0.15) is 0 Å². The summed E-state index contributed by atoms with van der Waals surface area (Å²) in [5.74, 6) is 0.574. The topological polar surface area (TPSA) is 70.6 Å². The highest BCUT2D eigenvalue weighted by atomic mass is 16.5. The van der Waals surface area contributed by atoms with Crippen LogP contribution in [0.3, 0.4) is 0 Å². The third-order valence-electron chi connectivity index (χ3n) is 7.66. The average molecular weight is 482 g/mol. The quantitative estimate of drug-likeness (QED) is 0.591. The smallest absolute Gasteiger partial charge is 0.276 e. The first-order valence-corrected chi connectivity index (χ1v) is 12.8. The zero-order chi connectivity index (χ0) is 24.4. The number of ether oxygens (including phenoxy) is 1. The summed E-state index contributed by atoms with van der Waals surface area (Å²) in [5, 5.41) is 11.6. The second-order valence-corrected chi connectivity index (χ2v) is 9.88. The van der Waals surface area contributed by atoms with Gasteiger partial charge in [-0.15, -0.1) is 10.2 Å². The number of rotatable bonds is 5. The van der Waals surface area contributed by atoms with E-state index in [9.17, 15) is 4.79 Å². The molecule has 36 heavy (non-hydrogen) atoms. The number of morpholine rings is 1. The highest BCUT2D eigenvalue weighted by Gasteiger charge is 2.38. The Labute approximate surface area is 211 Å². The summed E-state index contributed by atoms with van der Waals surface area (Å²) >= 11 is 0. The Hall–Kier alpha value is -3.55. The molecule has 7 heteroatoms. The third-order valence-corrected chi connectivity index (χ3v) is 7.66. The average Bonchev–Trinajstić information content (AvgIpc) is 3.29. The lowest BCUT2D eigenvalue weighted by molar-refractivity contribution is 0.0342. The molecule has 6 rings (SSSR count). The van der Waals surface area contributed by atoms with Gasteiger partial charge in [-0.3, -0.25) is 9.69 Å². The van der Waals surface area contributed by atoms with E-state index in [0.717, 1.165) is 70.3 Å². The van der Waals surface area contributed by atoms with Crippen LogP contribution in [-0.4, -0.2) is 60.4 Å². The molecule has 0 unspecified atom stereocenters. The summed E-state index contributed by atoms with van der Waals surface area (Å²) in [5.41, 5.74) is 5.21. The van der Waals surface area contributed by atoms with Gasteiger partial charge in [0, 0.05) is 43.8 Å². The predicted molar refractivity (Wildman–Crippen MR) is 141 cm³/mol. The molecule has 1 aromatic heterocycles. The van der Waals surface area contributed by atoms with Crippen molar-refractivity contribution in [1.29, 1.82) is 0 Å². The molecule has 184 valence electrons. The van der Waals surface area contributed by atoms with Crippen molar-refractivity contribution in [2.24, 2.45) is 0 Å². The number of fused-ring (bicyclic) bond motifs is 2. The molecule has 3 heterocycles. The van der Waals surface area contributed by atoms with E-state index < -0.39 is 0 Å². The molecule has 2 aromatic carbocycles. The minimum atomic E-state index is -0.250. The first kappa shape index (κ1) is 22.9. The van der Waals surface area contributed by atoms with Gasteiger partial charge in [0.1, 0.15) is 0 Å². The number of carbonyl (C=O) groups is 1. The van der Waals surface area contributed by atoms with Crippen LogP contribution < -0.4 is 10.2 Å². The van der Waals surface area contributed by atoms with E-state index in [0.29, 0.717) is 5.69 Å². The van der Waals surface area contributed by atoms with Gasteiger partial charge in [-0.05, 0) is 53.8 Å². The number of carbonyl (C=O) groups excluding carboxylic acids is 1. The molecular formula is C29H31N5O2. The maximum absolute atomic E-state index is 12.7. The fourth-order valence-corrected chi connectivity index (χ4v) is 5.53. The van der Waals surface area contributed by atoms with Gasteiger partial charge in [0.05, 0.1) is 13.2 Å². The number of benzene rings is 2. The predicted octanol–water partition coefficient (Wildman–Crippen LogP) is 4.13. The second-order valence-electron chi connectivity index (χ2n) is 9.88. The number of amides is 1. The van der Waals surface area contributed by atoms with Crippen LogP contribution in [0.4, 0.5) is 11.5 Å². The SMILES string of the molecule is O=C(Nc1ccc(CN2CCOCC2)cc1)c1ccc(N2CCC3(C=Cc4ccccc43)CC2)nn1. The lowest BCUT2D eigenvalue weighted by Gasteiger charge is -2.39. The first-order valence-electron chi connectivity index (χ1n) is 12.8. The Morgan fingerprint density at radius 3 is 2.44 bits per heavy atom. The summed E-state index contributed by atoms with van der Waals surface area (Å²) in [7, 11) is 0. The molecule has 1 amide bonds. The van der Waals surface area contributed by atoms with E-state index in [-0.39, 0.29) is 11.3 Å². The Bertz CT molecular complexity index is 1240. The summed E-state index contributed by atoms with van der Waals surface area (Å²) in [6, 6.07) is 20.4. The molecule has 3 aromatic rings. The molecule has 0 radical (unpaired) electrons. The summed E-state index contributed by atoms with van der Waals surface area (Å²) in [4.78, 5) is 17.4. The zero-order valence-electron chi connectivity index (χ0n) is 20.4. The van der Waals surface area contributed by atoms with E-state index >= 15 is 0 Å². The number of allylic oxidation sites excluding steroid dienone is 1. The van der Waals surface area contributed by atoms with Gasteiger partial charge < -0.3 is 15.0 Å². The highest BCUT2D eigenvalue weighted by Crippen LogP contribution is 2.44. The van der Waals surface area contributed by atoms with Crippen molar-refractivity contribution < 1.29 is 9.53 Å². The van der Waals surface area contributed by atoms with E-state index in [2.05, 4.69) is 73.9 Å². The highest BCUT2D eigenvalue weighted by molar-refractivity contribution is 6.02. The van der Waals surface area contributed by atoms with Crippen molar-refractivity contribution in [3.05, 3.63) is 89.1 Å². The van der Waals surface area contributed by atoms with Crippen molar-refractivity contribution >= 4 is 23.5 Å². The second kappa shape index (κ2) is 9.84. The molecule has 2 fully saturated rings. The lowest BCUT2D eigenvalue weighted by atomic mass is 9.74. The Balaban J connectivity index is 1.04. The van der Waals surface area contributed by atoms with Gasteiger partial charge in [-0.1, -0.05) is 48.6 Å². The fraction of sp³-hybridized carbons (Fsp3) is 0.345. The summed E-state index contributed by atoms with van der Waals surface area (Å²) in [6.45, 7) is 6.21. The minimum Gasteiger partial charge on any atom is -0.379 e. The van der Waals surface area contributed by atoms with Gasteiger partial charge >= 0.3 is 0 Å². The molecule has 2 aliphatic heterocycles. The molecule has 3 aliphatic rings. The standard InChI is InChI=1S/C29H31N5O2/c35-28(30-24-7-5-22(6-8-24)21-33-17-19-36-20-18-33)26-9-10-27(32-31-26)34-15-13-29(14-16-34)12-11-23-3-1-2-4-25(23)29/h1-12H,13-21H2,(H,30,35). The van der Waals surface area contributed by atoms with Crippen molar-refractivity contribution in [3.8, 4) is 0 Å². The molecule has 1 N–H and O–H groups in total. The van der Waals surface area contributed by atoms with Crippen molar-refractivity contribution in [2.45, 2.75) is 24.8 Å². The van der Waals surface area contributed by atoms with Crippen LogP contribution in [0.25, 0.3) is 6.08 Å². The minimum absolute atomic E-state index is 0.137. The lowest BCUT2D eigenvalue weighted by Crippen LogP contribution is -2.41. The first-order chi connectivity index (χ1) is 17.7. The fourth-order valence-electron chi connectivity index (χ4n) is 5.53. The molecule has 0 bridgehead atoms. The van der Waals surface area contributed by atoms with Crippen LogP contribution in [0.15, 0.2) is 66.7 Å². The Morgan fingerprint density at radius 1 is 0.917 bits per heavy atom. The largest absolute Gasteiger partial charge is 0.379 e. The molecule has 0 saturated carbocycles. The van der Waals surface area contributed by atoms with Crippen molar-refractivity contribution in [1.82, 2.24) is 15.1 Å². The van der Waals surface area contributed by atoms with E-state index in [1.54, 1.807) is 6.07 Å². The summed E-state index contributed by atoms with van der Waals surface area (Å²) < 4.78 is 5.41. The normalized spacial score (nSPS) is 18.8. The maximum Gasteiger partial charge on any atom is 0.276 e. The van der Waals surface area contributed by atoms with Gasteiger partial charge in [-0.25, -0.2) is 0 Å². The Morgan fingerprint density at radius 2 is 1.69 bits per heavy atom. The van der Waals surface area contributed by atoms with E-state index in [4.69, 9.17) is 4.74 Å². The van der Waals surface area contributed by atoms with Crippen LogP contribution in [0.2, 0.25) is 0 Å². The molecule has 1 aliphatic carbocycles. The number of hydrogen-bond donors (Lipinski definition) is 1. The van der Waals surface area contributed by atoms with Crippen LogP contribution in [0.1, 0.15) is 40.0 Å². The molecule has 2 saturated heterocycles. The number of piperidine rings is 1. The van der Waals surface area contributed by atoms with Gasteiger partial charge in [0.25, 0.3) is 5.91 Å². The van der Waals surface area contributed by atoms with E-state index in [1.165, 1.54) is 16.7 Å². The number of anilines is 2. The molecule has 7 nitrogen and oxygen atoms in total. The van der Waals surface area contributed by atoms with Crippen molar-refractivity contribution in [2.75, 3.05) is 49.6 Å². The van der Waals surface area contributed by atoms with Gasteiger partial charge in [0.15, 0.2) is 11.5 Å². The monoisotopic (exact) mass is 481 g/mol. The van der Waals surface area contributed by atoms with Crippen LogP contribution in [0.5, 0.6) is 0 Å². The van der Waals surface area contributed by atoms with Crippen molar-refractivity contribution in [3.63, 3.8) is 0 Å². The van der Waals surface area contributed by atoms with Crippen LogP contribution >= 0.6 is 0 Å². The molecular weight excluding hydrogens is 450 g/mol. The van der Waals surface area contributed by atoms with E-state index in [1.807, 2.05) is 18.2 Å². The van der Waals surface area contributed by atoms with Gasteiger partial charge in [0.2, 0.25) is 0 Å². The number of nitrogens with one attached hydrogen (secondary N) is 1. The third kappa shape index (κ3) is 4.64. The molecule has 0 atom stereocenters. The number of nitrogens with zero attached hydrogens (tertiary/aromatic N) is 4. The number of hydrogen-bond acceptors (Lipinski definition) is 6. The summed E-state index contributed by atoms with van der Waals surface area (Å²) in [6.07, 6.45) is 6.73. The Kier molecular flexibility index (Phi) is 6.25. The number of aromatic nitrogens is 2. The maximum atomic E-state index is 12.7. The zero-order valence-corrected chi connectivity index (χ0v) is 20.4. The molecule has 1 spiro atoms. The van der Waals surface area contributed by atoms with Crippen LogP contribution in [-0.2, 0) is 16.7 Å². The van der Waals surface area contributed by atoms with Crippen LogP contribution in [0, 0.1) is 0 Å².